The lowest BCUT2D eigenvalue weighted by Crippen LogP contribution is -2.38. The minimum atomic E-state index is 0. The van der Waals surface area contributed by atoms with Crippen LogP contribution in [-0.4, -0.2) is 52.2 Å². The van der Waals surface area contributed by atoms with Gasteiger partial charge in [-0.25, -0.2) is 0 Å². The summed E-state index contributed by atoms with van der Waals surface area (Å²) in [5.41, 5.74) is 2.10. The van der Waals surface area contributed by atoms with E-state index in [0.29, 0.717) is 6.61 Å². The van der Waals surface area contributed by atoms with Gasteiger partial charge in [0.2, 0.25) is 0 Å². The molecule has 7 nitrogen and oxygen atoms in total. The van der Waals surface area contributed by atoms with Gasteiger partial charge in [-0.05, 0) is 50.1 Å². The van der Waals surface area contributed by atoms with Gasteiger partial charge in [-0.3, -0.25) is 9.39 Å². The van der Waals surface area contributed by atoms with Crippen molar-refractivity contribution in [3.63, 3.8) is 0 Å². The number of hydrogen-bond acceptors (Lipinski definition) is 4. The number of nitrogens with one attached hydrogen (secondary N) is 1. The van der Waals surface area contributed by atoms with Crippen LogP contribution >= 0.6 is 24.0 Å². The zero-order chi connectivity index (χ0) is 20.5. The molecule has 0 spiro atoms. The molecular weight excluding hydrogens is 491 g/mol. The normalized spacial score (nSPS) is 11.2. The monoisotopic (exact) mass is 522 g/mol. The molecule has 0 atom stereocenters. The predicted molar refractivity (Wildman–Crippen MR) is 132 cm³/mol. The zero-order valence-corrected chi connectivity index (χ0v) is 20.2. The molecule has 0 radical (unpaired) electrons. The van der Waals surface area contributed by atoms with Crippen molar-refractivity contribution in [1.29, 1.82) is 0 Å². The summed E-state index contributed by atoms with van der Waals surface area (Å²) in [5, 5.41) is 11.9. The lowest BCUT2D eigenvalue weighted by molar-refractivity contribution is 0.340. The molecule has 0 saturated heterocycles. The van der Waals surface area contributed by atoms with E-state index in [0.717, 1.165) is 55.7 Å². The van der Waals surface area contributed by atoms with E-state index in [1.54, 1.807) is 0 Å². The third kappa shape index (κ3) is 6.58. The van der Waals surface area contributed by atoms with Crippen molar-refractivity contribution in [2.45, 2.75) is 33.2 Å². The van der Waals surface area contributed by atoms with E-state index in [4.69, 9.17) is 9.73 Å². The summed E-state index contributed by atoms with van der Waals surface area (Å²) in [6, 6.07) is 14.2. The van der Waals surface area contributed by atoms with Crippen LogP contribution in [0.4, 0.5) is 0 Å². The summed E-state index contributed by atoms with van der Waals surface area (Å²) in [6.45, 7) is 7.11. The van der Waals surface area contributed by atoms with Crippen molar-refractivity contribution in [1.82, 2.24) is 24.8 Å². The summed E-state index contributed by atoms with van der Waals surface area (Å²) in [5.74, 6) is 2.79. The number of nitrogens with zero attached hydrogens (tertiary/aromatic N) is 5. The Balaban J connectivity index is 0.00000320. The molecule has 162 valence electrons. The molecule has 0 unspecified atom stereocenters. The average Bonchev–Trinajstić information content (AvgIpc) is 3.15. The van der Waals surface area contributed by atoms with Crippen LogP contribution in [0.5, 0.6) is 5.75 Å². The minimum absolute atomic E-state index is 0. The van der Waals surface area contributed by atoms with E-state index in [9.17, 15) is 0 Å². The Morgan fingerprint density at radius 1 is 1.13 bits per heavy atom. The topological polar surface area (TPSA) is 67.0 Å². The van der Waals surface area contributed by atoms with Gasteiger partial charge in [-0.1, -0.05) is 18.2 Å². The first-order valence-electron chi connectivity index (χ1n) is 10.2. The first-order chi connectivity index (χ1) is 14.2. The third-order valence-electron chi connectivity index (χ3n) is 4.55. The highest BCUT2D eigenvalue weighted by Crippen LogP contribution is 2.13. The van der Waals surface area contributed by atoms with Gasteiger partial charge < -0.3 is 15.0 Å². The second-order valence-electron chi connectivity index (χ2n) is 6.82. The maximum absolute atomic E-state index is 5.51. The van der Waals surface area contributed by atoms with Gasteiger partial charge in [0.15, 0.2) is 11.6 Å². The second-order valence-corrected chi connectivity index (χ2v) is 6.82. The lowest BCUT2D eigenvalue weighted by atomic mass is 10.2. The van der Waals surface area contributed by atoms with Crippen LogP contribution in [0.25, 0.3) is 5.65 Å². The van der Waals surface area contributed by atoms with Gasteiger partial charge in [-0.15, -0.1) is 34.2 Å². The fraction of sp³-hybridized carbons (Fsp3) is 0.409. The Morgan fingerprint density at radius 3 is 2.67 bits per heavy atom. The molecule has 0 aliphatic carbocycles. The Labute approximate surface area is 195 Å². The fourth-order valence-corrected chi connectivity index (χ4v) is 3.16. The van der Waals surface area contributed by atoms with Gasteiger partial charge in [-0.2, -0.15) is 0 Å². The molecule has 1 N–H and O–H groups in total. The SMILES string of the molecule is CCNC(=NCCCc1nnc2ccccn12)N(C)Cc1ccc(OCC)cc1.I. The number of benzene rings is 1. The largest absolute Gasteiger partial charge is 0.494 e. The molecule has 3 rings (SSSR count). The van der Waals surface area contributed by atoms with Gasteiger partial charge >= 0.3 is 0 Å². The first-order valence-corrected chi connectivity index (χ1v) is 10.2. The summed E-state index contributed by atoms with van der Waals surface area (Å²) < 4.78 is 7.55. The molecule has 0 amide bonds. The molecule has 3 aromatic rings. The third-order valence-corrected chi connectivity index (χ3v) is 4.55. The van der Waals surface area contributed by atoms with E-state index in [1.807, 2.05) is 47.9 Å². The van der Waals surface area contributed by atoms with Gasteiger partial charge in [0.1, 0.15) is 11.6 Å². The number of aromatic nitrogens is 3. The summed E-state index contributed by atoms with van der Waals surface area (Å²) in [7, 11) is 2.06. The van der Waals surface area contributed by atoms with Crippen molar-refractivity contribution in [2.75, 3.05) is 26.7 Å². The molecule has 2 aromatic heterocycles. The van der Waals surface area contributed by atoms with E-state index >= 15 is 0 Å². The van der Waals surface area contributed by atoms with Gasteiger partial charge in [0.25, 0.3) is 0 Å². The number of rotatable bonds is 9. The molecule has 0 saturated carbocycles. The minimum Gasteiger partial charge on any atom is -0.494 e. The second kappa shape index (κ2) is 12.4. The predicted octanol–water partition coefficient (Wildman–Crippen LogP) is 3.78. The Bertz CT molecular complexity index is 925. The average molecular weight is 522 g/mol. The lowest BCUT2D eigenvalue weighted by Gasteiger charge is -2.22. The molecule has 30 heavy (non-hydrogen) atoms. The quantitative estimate of drug-likeness (QED) is 0.201. The van der Waals surface area contributed by atoms with Crippen molar-refractivity contribution in [3.05, 3.63) is 60.0 Å². The van der Waals surface area contributed by atoms with Crippen LogP contribution in [0.3, 0.4) is 0 Å². The highest BCUT2D eigenvalue weighted by atomic mass is 127. The number of fused-ring (bicyclic) bond motifs is 1. The van der Waals surface area contributed by atoms with Crippen LogP contribution in [0.2, 0.25) is 0 Å². The molecule has 0 fully saturated rings. The molecule has 0 aliphatic heterocycles. The van der Waals surface area contributed by atoms with E-state index < -0.39 is 0 Å². The van der Waals surface area contributed by atoms with Crippen LogP contribution in [-0.2, 0) is 13.0 Å². The highest BCUT2D eigenvalue weighted by molar-refractivity contribution is 14.0. The highest BCUT2D eigenvalue weighted by Gasteiger charge is 2.08. The number of hydrogen-bond donors (Lipinski definition) is 1. The number of pyridine rings is 1. The van der Waals surface area contributed by atoms with E-state index in [1.165, 1.54) is 5.56 Å². The van der Waals surface area contributed by atoms with Crippen LogP contribution < -0.4 is 10.1 Å². The smallest absolute Gasteiger partial charge is 0.193 e. The zero-order valence-electron chi connectivity index (χ0n) is 17.9. The Morgan fingerprint density at radius 2 is 1.93 bits per heavy atom. The summed E-state index contributed by atoms with van der Waals surface area (Å²) in [6.07, 6.45) is 3.76. The number of aliphatic imine (C=N–C) groups is 1. The molecule has 0 bridgehead atoms. The number of guanidine groups is 1. The molecule has 1 aromatic carbocycles. The van der Waals surface area contributed by atoms with Crippen molar-refractivity contribution < 1.29 is 4.74 Å². The first kappa shape index (κ1) is 23.9. The number of ether oxygens (including phenoxy) is 1. The van der Waals surface area contributed by atoms with Crippen molar-refractivity contribution in [3.8, 4) is 5.75 Å². The Hall–Kier alpha value is -2.36. The van der Waals surface area contributed by atoms with Crippen LogP contribution in [0.1, 0.15) is 31.7 Å². The van der Waals surface area contributed by atoms with Crippen molar-refractivity contribution >= 4 is 35.6 Å². The maximum Gasteiger partial charge on any atom is 0.193 e. The molecule has 8 heteroatoms. The molecule has 2 heterocycles. The molecular formula is C22H31IN6O. The fourth-order valence-electron chi connectivity index (χ4n) is 3.16. The maximum atomic E-state index is 5.51. The number of aryl methyl sites for hydroxylation is 1. The van der Waals surface area contributed by atoms with Crippen LogP contribution in [0.15, 0.2) is 53.7 Å². The summed E-state index contributed by atoms with van der Waals surface area (Å²) >= 11 is 0. The van der Waals surface area contributed by atoms with Crippen LogP contribution in [0, 0.1) is 0 Å². The van der Waals surface area contributed by atoms with Gasteiger partial charge in [0.05, 0.1) is 6.61 Å². The van der Waals surface area contributed by atoms with Gasteiger partial charge in [0, 0.05) is 39.3 Å². The van der Waals surface area contributed by atoms with E-state index in [2.05, 4.69) is 46.5 Å². The number of halogens is 1. The molecule has 0 aliphatic rings. The van der Waals surface area contributed by atoms with Crippen molar-refractivity contribution in [2.24, 2.45) is 4.99 Å². The Kier molecular flexibility index (Phi) is 9.85. The standard InChI is InChI=1S/C22H30N6O.HI/c1-4-23-22(27(3)17-18-11-13-19(14-12-18)29-5-2)24-15-8-10-21-26-25-20-9-6-7-16-28(20)21;/h6-7,9,11-14,16H,4-5,8,10,15,17H2,1-3H3,(H,23,24);1H. The van der Waals surface area contributed by atoms with E-state index in [-0.39, 0.29) is 24.0 Å². The summed E-state index contributed by atoms with van der Waals surface area (Å²) in [4.78, 5) is 6.93.